The molecule has 2 heterocycles. The number of hydrogen-bond acceptors (Lipinski definition) is 4. The molecule has 0 saturated heterocycles. The van der Waals surface area contributed by atoms with E-state index >= 15 is 0 Å². The van der Waals surface area contributed by atoms with Gasteiger partial charge in [0.25, 0.3) is 5.91 Å². The van der Waals surface area contributed by atoms with Gasteiger partial charge in [-0.3, -0.25) is 4.79 Å². The molecule has 2 aromatic carbocycles. The number of benzene rings is 2. The normalized spacial score (nSPS) is 13.1. The lowest BCUT2D eigenvalue weighted by Crippen LogP contribution is -2.16. The number of aryl methyl sites for hydroxylation is 1. The number of thiazole rings is 1. The summed E-state index contributed by atoms with van der Waals surface area (Å²) >= 11 is 5.03. The van der Waals surface area contributed by atoms with Gasteiger partial charge in [-0.25, -0.2) is 4.98 Å². The summed E-state index contributed by atoms with van der Waals surface area (Å²) in [6.45, 7) is 0. The maximum absolute atomic E-state index is 12.9. The molecule has 0 aliphatic heterocycles. The Balaban J connectivity index is 1.59. The first-order valence-corrected chi connectivity index (χ1v) is 10.3. The summed E-state index contributed by atoms with van der Waals surface area (Å²) in [5.74, 6) is 0.585. The van der Waals surface area contributed by atoms with Gasteiger partial charge in [-0.15, -0.1) is 0 Å². The molecule has 4 aromatic rings. The minimum atomic E-state index is -0.153. The Morgan fingerprint density at radius 3 is 2.78 bits per heavy atom. The van der Waals surface area contributed by atoms with Crippen molar-refractivity contribution in [3.05, 3.63) is 69.8 Å². The zero-order valence-electron chi connectivity index (χ0n) is 14.3. The molecule has 2 aromatic heterocycles. The van der Waals surface area contributed by atoms with Crippen molar-refractivity contribution < 1.29 is 4.79 Å². The fourth-order valence-corrected chi connectivity index (χ4v) is 4.82. The van der Waals surface area contributed by atoms with Crippen LogP contribution in [0.1, 0.15) is 28.0 Å². The monoisotopic (exact) mass is 438 g/mol. The van der Waals surface area contributed by atoms with E-state index in [4.69, 9.17) is 10.1 Å². The van der Waals surface area contributed by atoms with Gasteiger partial charge in [0.05, 0.1) is 21.5 Å². The maximum Gasteiger partial charge on any atom is 0.257 e. The van der Waals surface area contributed by atoms with E-state index < -0.39 is 0 Å². The molecule has 1 N–H and O–H groups in total. The second-order valence-corrected chi connectivity index (χ2v) is 8.30. The van der Waals surface area contributed by atoms with E-state index in [1.165, 1.54) is 0 Å². The molecular weight excluding hydrogens is 424 g/mol. The summed E-state index contributed by atoms with van der Waals surface area (Å²) < 4.78 is 3.67. The van der Waals surface area contributed by atoms with Crippen molar-refractivity contribution in [1.82, 2.24) is 14.8 Å². The molecule has 1 aliphatic rings. The average Bonchev–Trinajstić information content (AvgIpc) is 3.36. The van der Waals surface area contributed by atoms with Gasteiger partial charge in [-0.2, -0.15) is 9.78 Å². The van der Waals surface area contributed by atoms with Gasteiger partial charge in [-0.1, -0.05) is 35.6 Å². The Morgan fingerprint density at radius 2 is 1.93 bits per heavy atom. The maximum atomic E-state index is 12.9. The fourth-order valence-electron chi connectivity index (χ4n) is 3.43. The Labute approximate surface area is 168 Å². The second-order valence-electron chi connectivity index (χ2n) is 6.44. The highest BCUT2D eigenvalue weighted by atomic mass is 79.9. The SMILES string of the molecule is O=C(Nc1c2c(nn1-c1nc3ccccc3s1)CCC2)c1ccccc1Br. The first kappa shape index (κ1) is 16.6. The van der Waals surface area contributed by atoms with E-state index in [2.05, 4.69) is 21.2 Å². The molecule has 134 valence electrons. The topological polar surface area (TPSA) is 59.8 Å². The van der Waals surface area contributed by atoms with E-state index in [1.807, 2.05) is 42.5 Å². The predicted octanol–water partition coefficient (Wildman–Crippen LogP) is 4.99. The van der Waals surface area contributed by atoms with Crippen LogP contribution in [0.25, 0.3) is 15.3 Å². The Kier molecular flexibility index (Phi) is 4.06. The van der Waals surface area contributed by atoms with E-state index in [9.17, 15) is 4.79 Å². The summed E-state index contributed by atoms with van der Waals surface area (Å²) in [5.41, 5.74) is 3.71. The lowest BCUT2D eigenvalue weighted by molar-refractivity contribution is 0.102. The predicted molar refractivity (Wildman–Crippen MR) is 111 cm³/mol. The smallest absolute Gasteiger partial charge is 0.257 e. The van der Waals surface area contributed by atoms with Crippen molar-refractivity contribution in [3.8, 4) is 5.13 Å². The molecular formula is C20H15BrN4OS. The van der Waals surface area contributed by atoms with Crippen molar-refractivity contribution in [1.29, 1.82) is 0 Å². The number of rotatable bonds is 3. The van der Waals surface area contributed by atoms with E-state index in [-0.39, 0.29) is 5.91 Å². The van der Waals surface area contributed by atoms with Crippen molar-refractivity contribution in [2.24, 2.45) is 0 Å². The van der Waals surface area contributed by atoms with Gasteiger partial charge in [0.2, 0.25) is 5.13 Å². The summed E-state index contributed by atoms with van der Waals surface area (Å²) in [6.07, 6.45) is 2.92. The van der Waals surface area contributed by atoms with Crippen molar-refractivity contribution >= 4 is 49.2 Å². The molecule has 0 radical (unpaired) electrons. The largest absolute Gasteiger partial charge is 0.306 e. The van der Waals surface area contributed by atoms with E-state index in [0.29, 0.717) is 5.56 Å². The van der Waals surface area contributed by atoms with Gasteiger partial charge >= 0.3 is 0 Å². The quantitative estimate of drug-likeness (QED) is 0.490. The van der Waals surface area contributed by atoms with Crippen LogP contribution >= 0.6 is 27.3 Å². The first-order chi connectivity index (χ1) is 13.2. The molecule has 7 heteroatoms. The molecule has 0 fully saturated rings. The number of carbonyl (C=O) groups is 1. The molecule has 0 atom stereocenters. The van der Waals surface area contributed by atoms with Gasteiger partial charge in [-0.05, 0) is 59.5 Å². The third-order valence-electron chi connectivity index (χ3n) is 4.72. The molecule has 5 rings (SSSR count). The standard InChI is InChI=1S/C20H15BrN4OS/c21-14-8-2-1-6-12(14)19(26)23-18-13-7-5-10-15(13)24-25(18)20-22-16-9-3-4-11-17(16)27-20/h1-4,6,8-9,11H,5,7,10H2,(H,23,26). The van der Waals surface area contributed by atoms with E-state index in [0.717, 1.165) is 56.2 Å². The molecule has 0 bridgehead atoms. The molecule has 27 heavy (non-hydrogen) atoms. The van der Waals surface area contributed by atoms with Gasteiger partial charge < -0.3 is 5.32 Å². The van der Waals surface area contributed by atoms with Crippen LogP contribution in [0.5, 0.6) is 0 Å². The number of anilines is 1. The van der Waals surface area contributed by atoms with Crippen LogP contribution in [0.15, 0.2) is 53.0 Å². The number of para-hydroxylation sites is 1. The van der Waals surface area contributed by atoms with Crippen molar-refractivity contribution in [2.45, 2.75) is 19.3 Å². The van der Waals surface area contributed by atoms with E-state index in [1.54, 1.807) is 22.1 Å². The second kappa shape index (κ2) is 6.58. The highest BCUT2D eigenvalue weighted by molar-refractivity contribution is 9.10. The number of aromatic nitrogens is 3. The van der Waals surface area contributed by atoms with Gasteiger partial charge in [0.1, 0.15) is 5.82 Å². The minimum absolute atomic E-state index is 0.153. The first-order valence-electron chi connectivity index (χ1n) is 8.73. The molecule has 5 nitrogen and oxygen atoms in total. The van der Waals surface area contributed by atoms with Crippen molar-refractivity contribution in [3.63, 3.8) is 0 Å². The zero-order valence-corrected chi connectivity index (χ0v) is 16.7. The number of fused-ring (bicyclic) bond motifs is 2. The Hall–Kier alpha value is -2.51. The van der Waals surface area contributed by atoms with Crippen LogP contribution in [0.3, 0.4) is 0 Å². The molecule has 0 saturated carbocycles. The summed E-state index contributed by atoms with van der Waals surface area (Å²) in [5, 5.41) is 8.62. The van der Waals surface area contributed by atoms with Gasteiger partial charge in [0, 0.05) is 10.0 Å². The lowest BCUT2D eigenvalue weighted by Gasteiger charge is -2.10. The molecule has 0 unspecified atom stereocenters. The van der Waals surface area contributed by atoms with Crippen molar-refractivity contribution in [2.75, 3.05) is 5.32 Å². The number of nitrogens with one attached hydrogen (secondary N) is 1. The highest BCUT2D eigenvalue weighted by Gasteiger charge is 2.26. The fraction of sp³-hybridized carbons (Fsp3) is 0.150. The minimum Gasteiger partial charge on any atom is -0.306 e. The number of amides is 1. The number of halogens is 1. The lowest BCUT2D eigenvalue weighted by atomic mass is 10.2. The summed E-state index contributed by atoms with van der Waals surface area (Å²) in [7, 11) is 0. The summed E-state index contributed by atoms with van der Waals surface area (Å²) in [4.78, 5) is 17.6. The molecule has 0 spiro atoms. The zero-order chi connectivity index (χ0) is 18.4. The molecule has 1 aliphatic carbocycles. The van der Waals surface area contributed by atoms with Crippen LogP contribution < -0.4 is 5.32 Å². The molecule has 1 amide bonds. The third-order valence-corrected chi connectivity index (χ3v) is 6.42. The third kappa shape index (κ3) is 2.87. The Bertz CT molecular complexity index is 1150. The number of hydrogen-bond donors (Lipinski definition) is 1. The van der Waals surface area contributed by atoms with Crippen LogP contribution in [-0.4, -0.2) is 20.7 Å². The van der Waals surface area contributed by atoms with Crippen LogP contribution in [0, 0.1) is 0 Å². The number of nitrogens with zero attached hydrogens (tertiary/aromatic N) is 3. The van der Waals surface area contributed by atoms with Crippen LogP contribution in [-0.2, 0) is 12.8 Å². The Morgan fingerprint density at radius 1 is 1.11 bits per heavy atom. The van der Waals surface area contributed by atoms with Crippen LogP contribution in [0.2, 0.25) is 0 Å². The average molecular weight is 439 g/mol. The highest BCUT2D eigenvalue weighted by Crippen LogP contribution is 2.34. The summed E-state index contributed by atoms with van der Waals surface area (Å²) in [6, 6.07) is 15.4. The van der Waals surface area contributed by atoms with Crippen LogP contribution in [0.4, 0.5) is 5.82 Å². The number of carbonyl (C=O) groups excluding carboxylic acids is 1. The van der Waals surface area contributed by atoms with Gasteiger partial charge in [0.15, 0.2) is 0 Å².